The van der Waals surface area contributed by atoms with Crippen LogP contribution in [0.15, 0.2) is 48.5 Å². The van der Waals surface area contributed by atoms with E-state index in [1.807, 2.05) is 6.92 Å². The molecular formula is C21H23ClN2O6. The van der Waals surface area contributed by atoms with E-state index in [2.05, 4.69) is 10.9 Å². The second-order valence-electron chi connectivity index (χ2n) is 6.18. The Hall–Kier alpha value is -3.26. The molecule has 0 spiro atoms. The number of rotatable bonds is 9. The van der Waals surface area contributed by atoms with Crippen LogP contribution in [0.2, 0.25) is 5.02 Å². The molecule has 0 aliphatic carbocycles. The Labute approximate surface area is 179 Å². The number of hydrogen-bond donors (Lipinski definition) is 2. The first-order chi connectivity index (χ1) is 14.4. The minimum Gasteiger partial charge on any atom is -0.484 e. The van der Waals surface area contributed by atoms with Crippen LogP contribution in [-0.2, 0) is 14.3 Å². The maximum Gasteiger partial charge on any atom is 0.338 e. The number of hydrogen-bond acceptors (Lipinski definition) is 6. The van der Waals surface area contributed by atoms with Crippen molar-refractivity contribution in [1.82, 2.24) is 10.9 Å². The number of amides is 2. The minimum atomic E-state index is -0.883. The second-order valence-corrected chi connectivity index (χ2v) is 6.58. The topological polar surface area (TPSA) is 103 Å². The van der Waals surface area contributed by atoms with Crippen molar-refractivity contribution >= 4 is 29.4 Å². The number of hydrazine groups is 1. The molecule has 1 unspecified atom stereocenters. The summed E-state index contributed by atoms with van der Waals surface area (Å²) in [6, 6.07) is 12.9. The Kier molecular flexibility index (Phi) is 8.96. The van der Waals surface area contributed by atoms with Gasteiger partial charge in [-0.25, -0.2) is 4.79 Å². The van der Waals surface area contributed by atoms with Crippen molar-refractivity contribution in [2.75, 3.05) is 13.2 Å². The SMILES string of the molecule is CCCOC(=O)c1ccc(OCC(=O)NNC(=O)C(C)Oc2ccccc2Cl)cc1. The van der Waals surface area contributed by atoms with Crippen molar-refractivity contribution in [2.24, 2.45) is 0 Å². The van der Waals surface area contributed by atoms with Gasteiger partial charge in [0.15, 0.2) is 12.7 Å². The van der Waals surface area contributed by atoms with Crippen molar-refractivity contribution in [3.05, 3.63) is 59.1 Å². The lowest BCUT2D eigenvalue weighted by Crippen LogP contribution is -2.48. The zero-order valence-corrected chi connectivity index (χ0v) is 17.4. The molecular weight excluding hydrogens is 412 g/mol. The summed E-state index contributed by atoms with van der Waals surface area (Å²) >= 11 is 5.98. The Bertz CT molecular complexity index is 872. The van der Waals surface area contributed by atoms with Crippen LogP contribution < -0.4 is 20.3 Å². The van der Waals surface area contributed by atoms with E-state index in [0.29, 0.717) is 28.7 Å². The Morgan fingerprint density at radius 1 is 1.03 bits per heavy atom. The number of esters is 1. The van der Waals surface area contributed by atoms with Gasteiger partial charge >= 0.3 is 5.97 Å². The molecule has 2 N–H and O–H groups in total. The summed E-state index contributed by atoms with van der Waals surface area (Å²) in [7, 11) is 0. The number of para-hydroxylation sites is 1. The third-order valence-corrected chi connectivity index (χ3v) is 4.04. The lowest BCUT2D eigenvalue weighted by molar-refractivity contribution is -0.133. The molecule has 0 fully saturated rings. The van der Waals surface area contributed by atoms with Crippen LogP contribution in [0.5, 0.6) is 11.5 Å². The Balaban J connectivity index is 1.73. The Morgan fingerprint density at radius 2 is 1.73 bits per heavy atom. The minimum absolute atomic E-state index is 0.334. The van der Waals surface area contributed by atoms with Gasteiger partial charge in [0.05, 0.1) is 17.2 Å². The van der Waals surface area contributed by atoms with Crippen LogP contribution in [0, 0.1) is 0 Å². The summed E-state index contributed by atoms with van der Waals surface area (Å²) in [5.74, 6) is -0.799. The summed E-state index contributed by atoms with van der Waals surface area (Å²) in [5, 5.41) is 0.374. The van der Waals surface area contributed by atoms with Gasteiger partial charge in [-0.1, -0.05) is 30.7 Å². The van der Waals surface area contributed by atoms with Gasteiger partial charge in [0.2, 0.25) is 0 Å². The first kappa shape index (κ1) is 23.0. The molecule has 0 radical (unpaired) electrons. The van der Waals surface area contributed by atoms with Crippen molar-refractivity contribution in [2.45, 2.75) is 26.4 Å². The van der Waals surface area contributed by atoms with Crippen molar-refractivity contribution in [1.29, 1.82) is 0 Å². The molecule has 2 aromatic rings. The van der Waals surface area contributed by atoms with E-state index < -0.39 is 23.9 Å². The van der Waals surface area contributed by atoms with Gasteiger partial charge in [-0.3, -0.25) is 20.4 Å². The molecule has 0 aliphatic rings. The summed E-state index contributed by atoms with van der Waals surface area (Å²) in [6.07, 6.45) is -0.144. The highest BCUT2D eigenvalue weighted by molar-refractivity contribution is 6.32. The van der Waals surface area contributed by atoms with E-state index in [1.54, 1.807) is 48.5 Å². The predicted molar refractivity (Wildman–Crippen MR) is 110 cm³/mol. The summed E-state index contributed by atoms with van der Waals surface area (Å²) < 4.78 is 15.8. The molecule has 1 atom stereocenters. The van der Waals surface area contributed by atoms with Crippen LogP contribution in [0.3, 0.4) is 0 Å². The highest BCUT2D eigenvalue weighted by atomic mass is 35.5. The molecule has 0 aliphatic heterocycles. The smallest absolute Gasteiger partial charge is 0.338 e. The van der Waals surface area contributed by atoms with Crippen LogP contribution in [0.1, 0.15) is 30.6 Å². The molecule has 0 aromatic heterocycles. The third kappa shape index (κ3) is 7.29. The maximum absolute atomic E-state index is 12.0. The number of ether oxygens (including phenoxy) is 3. The molecule has 160 valence electrons. The second kappa shape index (κ2) is 11.7. The molecule has 2 rings (SSSR count). The van der Waals surface area contributed by atoms with Gasteiger partial charge in [-0.05, 0) is 49.7 Å². The summed E-state index contributed by atoms with van der Waals surface area (Å²) in [6.45, 7) is 3.45. The quantitative estimate of drug-likeness (QED) is 0.464. The van der Waals surface area contributed by atoms with Gasteiger partial charge in [-0.15, -0.1) is 0 Å². The van der Waals surface area contributed by atoms with Gasteiger partial charge in [0.25, 0.3) is 11.8 Å². The van der Waals surface area contributed by atoms with Crippen molar-refractivity contribution < 1.29 is 28.6 Å². The summed E-state index contributed by atoms with van der Waals surface area (Å²) in [5.41, 5.74) is 4.88. The van der Waals surface area contributed by atoms with Gasteiger partial charge in [0.1, 0.15) is 11.5 Å². The average Bonchev–Trinajstić information content (AvgIpc) is 2.76. The van der Waals surface area contributed by atoms with Crippen LogP contribution >= 0.6 is 11.6 Å². The lowest BCUT2D eigenvalue weighted by atomic mass is 10.2. The number of carbonyl (C=O) groups is 3. The lowest BCUT2D eigenvalue weighted by Gasteiger charge is -2.16. The zero-order valence-electron chi connectivity index (χ0n) is 16.6. The fourth-order valence-electron chi connectivity index (χ4n) is 2.17. The van der Waals surface area contributed by atoms with Crippen LogP contribution in [0.4, 0.5) is 0 Å². The molecule has 8 nitrogen and oxygen atoms in total. The molecule has 2 aromatic carbocycles. The molecule has 0 heterocycles. The summed E-state index contributed by atoms with van der Waals surface area (Å²) in [4.78, 5) is 35.6. The molecule has 30 heavy (non-hydrogen) atoms. The Morgan fingerprint density at radius 3 is 2.40 bits per heavy atom. The van der Waals surface area contributed by atoms with Gasteiger partial charge in [0, 0.05) is 0 Å². The van der Waals surface area contributed by atoms with E-state index in [9.17, 15) is 14.4 Å². The fourth-order valence-corrected chi connectivity index (χ4v) is 2.35. The standard InChI is InChI=1S/C21H23ClN2O6/c1-3-12-28-21(27)15-8-10-16(11-9-15)29-13-19(25)23-24-20(26)14(2)30-18-7-5-4-6-17(18)22/h4-11,14H,3,12-13H2,1-2H3,(H,23,25)(H,24,26). The van der Waals surface area contributed by atoms with Crippen LogP contribution in [0.25, 0.3) is 0 Å². The van der Waals surface area contributed by atoms with E-state index in [4.69, 9.17) is 25.8 Å². The number of nitrogens with one attached hydrogen (secondary N) is 2. The zero-order chi connectivity index (χ0) is 21.9. The molecule has 0 saturated carbocycles. The highest BCUT2D eigenvalue weighted by Crippen LogP contribution is 2.24. The van der Waals surface area contributed by atoms with Crippen molar-refractivity contribution in [3.8, 4) is 11.5 Å². The van der Waals surface area contributed by atoms with Crippen LogP contribution in [-0.4, -0.2) is 37.1 Å². The molecule has 0 bridgehead atoms. The van der Waals surface area contributed by atoms with Gasteiger partial charge < -0.3 is 14.2 Å². The van der Waals surface area contributed by atoms with E-state index in [-0.39, 0.29) is 6.61 Å². The largest absolute Gasteiger partial charge is 0.484 e. The third-order valence-electron chi connectivity index (χ3n) is 3.73. The normalized spacial score (nSPS) is 11.2. The molecule has 2 amide bonds. The number of carbonyl (C=O) groups excluding carboxylic acids is 3. The molecule has 0 saturated heterocycles. The van der Waals surface area contributed by atoms with E-state index in [1.165, 1.54) is 6.92 Å². The van der Waals surface area contributed by atoms with Gasteiger partial charge in [-0.2, -0.15) is 0 Å². The van der Waals surface area contributed by atoms with Crippen molar-refractivity contribution in [3.63, 3.8) is 0 Å². The monoisotopic (exact) mass is 434 g/mol. The number of halogens is 1. The fraction of sp³-hybridized carbons (Fsp3) is 0.286. The van der Waals surface area contributed by atoms with E-state index in [0.717, 1.165) is 6.42 Å². The highest BCUT2D eigenvalue weighted by Gasteiger charge is 2.16. The number of benzene rings is 2. The maximum atomic E-state index is 12.0. The van der Waals surface area contributed by atoms with E-state index >= 15 is 0 Å². The first-order valence-electron chi connectivity index (χ1n) is 9.30. The average molecular weight is 435 g/mol. The first-order valence-corrected chi connectivity index (χ1v) is 9.68. The molecule has 9 heteroatoms. The predicted octanol–water partition coefficient (Wildman–Crippen LogP) is 2.90.